The number of ether oxygens (including phenoxy) is 2. The number of alkyl carbamates (subject to hydrolysis) is 2. The zero-order chi connectivity index (χ0) is 26.7. The van der Waals surface area contributed by atoms with Crippen LogP contribution in [0.1, 0.15) is 39.2 Å². The molecule has 0 radical (unpaired) electrons. The number of hydrogen-bond donors (Lipinski definition) is 3. The van der Waals surface area contributed by atoms with E-state index in [9.17, 15) is 24.0 Å². The summed E-state index contributed by atoms with van der Waals surface area (Å²) < 4.78 is 10.3. The van der Waals surface area contributed by atoms with Crippen molar-refractivity contribution in [3.05, 3.63) is 35.9 Å². The van der Waals surface area contributed by atoms with E-state index >= 15 is 0 Å². The number of benzene rings is 1. The summed E-state index contributed by atoms with van der Waals surface area (Å²) in [6.07, 6.45) is -0.848. The van der Waals surface area contributed by atoms with Crippen LogP contribution in [-0.2, 0) is 30.5 Å². The number of carbonyl (C=O) groups excluding carboxylic acids is 4. The smallest absolute Gasteiger partial charge is 0.407 e. The maximum Gasteiger partial charge on any atom is 0.407 e. The first-order valence-corrected chi connectivity index (χ1v) is 11.7. The summed E-state index contributed by atoms with van der Waals surface area (Å²) in [6, 6.07) is 8.12. The number of piperazine rings is 1. The number of carboxylic acid groups (broad SMARTS) is 1. The summed E-state index contributed by atoms with van der Waals surface area (Å²) in [4.78, 5) is 63.2. The Bertz CT molecular complexity index is 932. The van der Waals surface area contributed by atoms with Crippen molar-refractivity contribution in [2.75, 3.05) is 32.7 Å². The number of carbonyl (C=O) groups is 5. The molecule has 198 valence electrons. The Labute approximate surface area is 209 Å². The van der Waals surface area contributed by atoms with Gasteiger partial charge in [0, 0.05) is 19.6 Å². The number of nitrogens with zero attached hydrogens (tertiary/aromatic N) is 2. The summed E-state index contributed by atoms with van der Waals surface area (Å²) in [5.41, 5.74) is 0.137. The highest BCUT2D eigenvalue weighted by Gasteiger charge is 2.37. The topological polar surface area (TPSA) is 155 Å². The number of amides is 4. The first kappa shape index (κ1) is 28.4. The fourth-order valence-corrected chi connectivity index (χ4v) is 3.56. The van der Waals surface area contributed by atoms with Gasteiger partial charge in [-0.05, 0) is 39.2 Å². The van der Waals surface area contributed by atoms with Gasteiger partial charge >= 0.3 is 18.2 Å². The lowest BCUT2D eigenvalue weighted by atomic mass is 10.0. The monoisotopic (exact) mass is 506 g/mol. The van der Waals surface area contributed by atoms with Crippen LogP contribution in [0, 0.1) is 0 Å². The number of nitrogens with one attached hydrogen (secondary N) is 2. The molecule has 1 atom stereocenters. The molecule has 1 heterocycles. The predicted molar refractivity (Wildman–Crippen MR) is 128 cm³/mol. The average Bonchev–Trinajstić information content (AvgIpc) is 2.80. The second kappa shape index (κ2) is 13.3. The molecule has 0 saturated carbocycles. The van der Waals surface area contributed by atoms with Gasteiger partial charge in [-0.1, -0.05) is 30.3 Å². The minimum atomic E-state index is -1.16. The van der Waals surface area contributed by atoms with Gasteiger partial charge in [0.25, 0.3) is 0 Å². The normalized spacial score (nSPS) is 15.8. The van der Waals surface area contributed by atoms with Crippen molar-refractivity contribution in [1.82, 2.24) is 20.4 Å². The van der Waals surface area contributed by atoms with Crippen LogP contribution in [0.15, 0.2) is 30.3 Å². The van der Waals surface area contributed by atoms with Crippen LogP contribution >= 0.6 is 0 Å². The van der Waals surface area contributed by atoms with Gasteiger partial charge in [0.1, 0.15) is 31.3 Å². The molecule has 0 bridgehead atoms. The second-order valence-electron chi connectivity index (χ2n) is 9.24. The highest BCUT2D eigenvalue weighted by atomic mass is 16.6. The van der Waals surface area contributed by atoms with Crippen molar-refractivity contribution >= 4 is 30.0 Å². The van der Waals surface area contributed by atoms with E-state index in [2.05, 4.69) is 10.6 Å². The number of rotatable bonds is 10. The molecule has 2 rings (SSSR count). The average molecular weight is 507 g/mol. The largest absolute Gasteiger partial charge is 0.480 e. The molecule has 12 heteroatoms. The molecule has 1 saturated heterocycles. The molecule has 4 amide bonds. The van der Waals surface area contributed by atoms with Crippen LogP contribution in [0.2, 0.25) is 0 Å². The van der Waals surface area contributed by atoms with Gasteiger partial charge < -0.3 is 35.0 Å². The quantitative estimate of drug-likeness (QED) is 0.402. The number of carboxylic acids is 1. The molecule has 36 heavy (non-hydrogen) atoms. The zero-order valence-electron chi connectivity index (χ0n) is 20.8. The van der Waals surface area contributed by atoms with Gasteiger partial charge in [0.05, 0.1) is 0 Å². The molecule has 3 N–H and O–H groups in total. The molecule has 12 nitrogen and oxygen atoms in total. The van der Waals surface area contributed by atoms with E-state index in [1.807, 2.05) is 18.2 Å². The third-order valence-corrected chi connectivity index (χ3v) is 5.15. The highest BCUT2D eigenvalue weighted by molar-refractivity contribution is 5.92. The zero-order valence-corrected chi connectivity index (χ0v) is 20.8. The Morgan fingerprint density at radius 1 is 1.06 bits per heavy atom. The maximum atomic E-state index is 12.9. The molecule has 0 spiro atoms. The SMILES string of the molecule is CC(C)(C)OC(=O)NCCC[C@H]1C(=O)N(CC(=O)O)CCN1C(=O)CNC(=O)OCc1ccccc1. The fraction of sp³-hybridized carbons (Fsp3) is 0.542. The van der Waals surface area contributed by atoms with Crippen LogP contribution < -0.4 is 10.6 Å². The van der Waals surface area contributed by atoms with Crippen LogP contribution in [0.5, 0.6) is 0 Å². The van der Waals surface area contributed by atoms with E-state index in [0.29, 0.717) is 6.42 Å². The minimum Gasteiger partial charge on any atom is -0.480 e. The molecule has 1 aliphatic rings. The van der Waals surface area contributed by atoms with E-state index in [0.717, 1.165) is 5.56 Å². The lowest BCUT2D eigenvalue weighted by Crippen LogP contribution is -2.60. The van der Waals surface area contributed by atoms with Crippen molar-refractivity contribution in [3.63, 3.8) is 0 Å². The van der Waals surface area contributed by atoms with Gasteiger partial charge in [0.2, 0.25) is 11.8 Å². The fourth-order valence-electron chi connectivity index (χ4n) is 3.56. The molecule has 1 fully saturated rings. The lowest BCUT2D eigenvalue weighted by molar-refractivity contribution is -0.155. The summed E-state index contributed by atoms with van der Waals surface area (Å²) in [5, 5.41) is 14.1. The van der Waals surface area contributed by atoms with Crippen LogP contribution in [-0.4, -0.2) is 89.2 Å². The first-order valence-electron chi connectivity index (χ1n) is 11.7. The highest BCUT2D eigenvalue weighted by Crippen LogP contribution is 2.17. The van der Waals surface area contributed by atoms with Gasteiger partial charge in [-0.25, -0.2) is 9.59 Å². The summed E-state index contributed by atoms with van der Waals surface area (Å²) >= 11 is 0. The number of hydrogen-bond acceptors (Lipinski definition) is 7. The summed E-state index contributed by atoms with van der Waals surface area (Å²) in [5.74, 6) is -2.16. The van der Waals surface area contributed by atoms with Gasteiger partial charge in [0.15, 0.2) is 0 Å². The van der Waals surface area contributed by atoms with Crippen molar-refractivity contribution in [2.24, 2.45) is 0 Å². The summed E-state index contributed by atoms with van der Waals surface area (Å²) in [6.45, 7) is 4.76. The van der Waals surface area contributed by atoms with E-state index in [1.165, 1.54) is 9.80 Å². The van der Waals surface area contributed by atoms with Crippen molar-refractivity contribution in [3.8, 4) is 0 Å². The molecule has 1 aromatic carbocycles. The van der Waals surface area contributed by atoms with E-state index < -0.39 is 48.2 Å². The third-order valence-electron chi connectivity index (χ3n) is 5.15. The summed E-state index contributed by atoms with van der Waals surface area (Å²) in [7, 11) is 0. The Morgan fingerprint density at radius 3 is 2.39 bits per heavy atom. The number of aliphatic carboxylic acids is 1. The first-order chi connectivity index (χ1) is 17.0. The molecule has 1 aromatic rings. The molecule has 0 aromatic heterocycles. The van der Waals surface area contributed by atoms with Gasteiger partial charge in [-0.3, -0.25) is 14.4 Å². The maximum absolute atomic E-state index is 12.9. The van der Waals surface area contributed by atoms with Gasteiger partial charge in [-0.2, -0.15) is 0 Å². The minimum absolute atomic E-state index is 0.0421. The molecule has 0 aliphatic carbocycles. The van der Waals surface area contributed by atoms with E-state index in [1.54, 1.807) is 32.9 Å². The molecular weight excluding hydrogens is 472 g/mol. The van der Waals surface area contributed by atoms with E-state index in [-0.39, 0.29) is 39.2 Å². The predicted octanol–water partition coefficient (Wildman–Crippen LogP) is 1.34. The Kier molecular flexibility index (Phi) is 10.5. The molecule has 0 unspecified atom stereocenters. The second-order valence-corrected chi connectivity index (χ2v) is 9.24. The van der Waals surface area contributed by atoms with Crippen LogP contribution in [0.25, 0.3) is 0 Å². The third kappa shape index (κ3) is 9.80. The van der Waals surface area contributed by atoms with E-state index in [4.69, 9.17) is 14.6 Å². The van der Waals surface area contributed by atoms with Crippen molar-refractivity contribution in [2.45, 2.75) is 51.9 Å². The van der Waals surface area contributed by atoms with Crippen LogP contribution in [0.4, 0.5) is 9.59 Å². The van der Waals surface area contributed by atoms with Crippen molar-refractivity contribution < 1.29 is 38.6 Å². The van der Waals surface area contributed by atoms with Crippen LogP contribution in [0.3, 0.4) is 0 Å². The lowest BCUT2D eigenvalue weighted by Gasteiger charge is -2.40. The Morgan fingerprint density at radius 2 is 1.75 bits per heavy atom. The molecule has 1 aliphatic heterocycles. The van der Waals surface area contributed by atoms with Gasteiger partial charge in [-0.15, -0.1) is 0 Å². The standard InChI is InChI=1S/C24H34N4O8/c1-24(2,3)36-23(34)25-11-7-10-18-21(32)27(15-20(30)31)12-13-28(18)19(29)14-26-22(33)35-16-17-8-5-4-6-9-17/h4-6,8-9,18H,7,10-16H2,1-3H3,(H,25,34)(H,26,33)(H,30,31)/t18-/m0/s1. The molecular formula is C24H34N4O8. The Hall–Kier alpha value is -3.83. The van der Waals surface area contributed by atoms with Crippen molar-refractivity contribution in [1.29, 1.82) is 0 Å². The Balaban J connectivity index is 1.91.